The number of benzene rings is 3. The van der Waals surface area contributed by atoms with E-state index in [4.69, 9.17) is 15.2 Å². The maximum atomic E-state index is 15.3. The van der Waals surface area contributed by atoms with Crippen LogP contribution in [0.25, 0.3) is 11.1 Å². The lowest BCUT2D eigenvalue weighted by atomic mass is 9.94. The molecule has 35 heavy (non-hydrogen) atoms. The number of aryl methyl sites for hydroxylation is 1. The second-order valence-corrected chi connectivity index (χ2v) is 9.18. The van der Waals surface area contributed by atoms with Crippen molar-refractivity contribution in [3.05, 3.63) is 88.7 Å². The van der Waals surface area contributed by atoms with E-state index in [0.717, 1.165) is 49.0 Å². The second kappa shape index (κ2) is 11.5. The van der Waals surface area contributed by atoms with Gasteiger partial charge in [0.05, 0.1) is 12.5 Å². The van der Waals surface area contributed by atoms with Gasteiger partial charge in [0.25, 0.3) is 0 Å². The lowest BCUT2D eigenvalue weighted by Gasteiger charge is -2.16. The first-order valence-corrected chi connectivity index (χ1v) is 12.1. The van der Waals surface area contributed by atoms with Gasteiger partial charge in [-0.15, -0.1) is 0 Å². The predicted octanol–water partition coefficient (Wildman–Crippen LogP) is 5.83. The van der Waals surface area contributed by atoms with Crippen molar-refractivity contribution in [1.82, 2.24) is 0 Å². The zero-order chi connectivity index (χ0) is 24.8. The minimum atomic E-state index is -0.913. The van der Waals surface area contributed by atoms with Crippen LogP contribution in [-0.4, -0.2) is 23.8 Å². The molecule has 4 rings (SSSR count). The van der Waals surface area contributed by atoms with Crippen molar-refractivity contribution in [2.24, 2.45) is 5.73 Å². The van der Waals surface area contributed by atoms with E-state index < -0.39 is 12.0 Å². The summed E-state index contributed by atoms with van der Waals surface area (Å²) in [5.74, 6) is -0.687. The molecule has 0 aliphatic carbocycles. The molecule has 6 heteroatoms. The summed E-state index contributed by atoms with van der Waals surface area (Å²) in [5, 5.41) is 9.20. The fourth-order valence-corrected chi connectivity index (χ4v) is 4.58. The maximum absolute atomic E-state index is 15.3. The topological polar surface area (TPSA) is 81.8 Å². The van der Waals surface area contributed by atoms with Gasteiger partial charge in [-0.25, -0.2) is 4.39 Å². The highest BCUT2D eigenvalue weighted by molar-refractivity contribution is 5.71. The third-order valence-electron chi connectivity index (χ3n) is 6.37. The SMILES string of the molecule is C[C@@H](N)c1cccc(-c2cc(CCC3CCCO3)cc(COc3ccccc3CC(=O)O)c2)c1F. The zero-order valence-electron chi connectivity index (χ0n) is 20.0. The van der Waals surface area contributed by atoms with Gasteiger partial charge in [0.1, 0.15) is 18.2 Å². The van der Waals surface area contributed by atoms with Crippen LogP contribution in [0.4, 0.5) is 4.39 Å². The van der Waals surface area contributed by atoms with Crippen LogP contribution in [0.2, 0.25) is 0 Å². The van der Waals surface area contributed by atoms with Gasteiger partial charge in [-0.05, 0) is 61.4 Å². The number of carboxylic acid groups (broad SMARTS) is 1. The van der Waals surface area contributed by atoms with Crippen molar-refractivity contribution in [2.45, 2.75) is 57.8 Å². The zero-order valence-corrected chi connectivity index (χ0v) is 20.0. The number of para-hydroxylation sites is 1. The summed E-state index contributed by atoms with van der Waals surface area (Å²) in [5.41, 5.74) is 10.3. The van der Waals surface area contributed by atoms with Crippen LogP contribution >= 0.6 is 0 Å². The minimum Gasteiger partial charge on any atom is -0.489 e. The summed E-state index contributed by atoms with van der Waals surface area (Å²) in [7, 11) is 0. The summed E-state index contributed by atoms with van der Waals surface area (Å²) in [6.07, 6.45) is 4.04. The standard InChI is InChI=1S/C29H32FNO4/c1-19(31)25-8-4-9-26(29(25)30)23-15-20(11-12-24-7-5-13-34-24)14-21(16-23)18-35-27-10-3-2-6-22(27)17-28(32)33/h2-4,6,8-10,14-16,19,24H,5,7,11-13,17-18,31H2,1H3,(H,32,33)/t19-,24?/m1/s1. The number of nitrogens with two attached hydrogens (primary N) is 1. The largest absolute Gasteiger partial charge is 0.489 e. The second-order valence-electron chi connectivity index (χ2n) is 9.18. The van der Waals surface area contributed by atoms with E-state index in [2.05, 4.69) is 6.07 Å². The molecule has 0 bridgehead atoms. The van der Waals surface area contributed by atoms with E-state index in [1.807, 2.05) is 24.3 Å². The van der Waals surface area contributed by atoms with Crippen LogP contribution in [0.3, 0.4) is 0 Å². The molecule has 3 aromatic carbocycles. The number of hydrogen-bond donors (Lipinski definition) is 2. The molecular weight excluding hydrogens is 445 g/mol. The van der Waals surface area contributed by atoms with Crippen LogP contribution < -0.4 is 10.5 Å². The average molecular weight is 478 g/mol. The molecule has 184 valence electrons. The van der Waals surface area contributed by atoms with Gasteiger partial charge in [0, 0.05) is 29.3 Å². The van der Waals surface area contributed by atoms with Gasteiger partial charge in [-0.2, -0.15) is 0 Å². The normalized spacial score (nSPS) is 16.3. The Morgan fingerprint density at radius 3 is 2.71 bits per heavy atom. The summed E-state index contributed by atoms with van der Waals surface area (Å²) < 4.78 is 27.2. The first-order chi connectivity index (χ1) is 16.9. The highest BCUT2D eigenvalue weighted by Gasteiger charge is 2.17. The number of halogens is 1. The van der Waals surface area contributed by atoms with Crippen LogP contribution in [0, 0.1) is 5.82 Å². The van der Waals surface area contributed by atoms with E-state index >= 15 is 4.39 Å². The molecule has 1 aliphatic rings. The third-order valence-corrected chi connectivity index (χ3v) is 6.37. The summed E-state index contributed by atoms with van der Waals surface area (Å²) in [6, 6.07) is 18.1. The molecule has 1 unspecified atom stereocenters. The molecule has 5 nitrogen and oxygen atoms in total. The van der Waals surface area contributed by atoms with Crippen LogP contribution in [0.1, 0.15) is 54.5 Å². The van der Waals surface area contributed by atoms with Gasteiger partial charge in [-0.3, -0.25) is 4.79 Å². The maximum Gasteiger partial charge on any atom is 0.307 e. The number of hydrogen-bond acceptors (Lipinski definition) is 4. The van der Waals surface area contributed by atoms with Crippen molar-refractivity contribution in [1.29, 1.82) is 0 Å². The Labute approximate surface area is 205 Å². The van der Waals surface area contributed by atoms with E-state index in [0.29, 0.717) is 22.4 Å². The molecule has 2 atom stereocenters. The van der Waals surface area contributed by atoms with Gasteiger partial charge < -0.3 is 20.3 Å². The van der Waals surface area contributed by atoms with Gasteiger partial charge in [-0.1, -0.05) is 48.5 Å². The minimum absolute atomic E-state index is 0.113. The number of carbonyl (C=O) groups is 1. The Balaban J connectivity index is 1.63. The Morgan fingerprint density at radius 1 is 1.17 bits per heavy atom. The molecule has 1 heterocycles. The van der Waals surface area contributed by atoms with Crippen LogP contribution in [0.15, 0.2) is 60.7 Å². The summed E-state index contributed by atoms with van der Waals surface area (Å²) in [6.45, 7) is 2.83. The van der Waals surface area contributed by atoms with Crippen molar-refractivity contribution >= 4 is 5.97 Å². The molecule has 3 N–H and O–H groups in total. The molecule has 0 saturated carbocycles. The third kappa shape index (κ3) is 6.47. The highest BCUT2D eigenvalue weighted by Crippen LogP contribution is 2.31. The number of rotatable bonds is 10. The fourth-order valence-electron chi connectivity index (χ4n) is 4.58. The predicted molar refractivity (Wildman–Crippen MR) is 134 cm³/mol. The quantitative estimate of drug-likeness (QED) is 0.384. The van der Waals surface area contributed by atoms with E-state index in [1.54, 1.807) is 37.3 Å². The lowest BCUT2D eigenvalue weighted by Crippen LogP contribution is -2.09. The molecule has 1 saturated heterocycles. The van der Waals surface area contributed by atoms with Crippen molar-refractivity contribution in [3.8, 4) is 16.9 Å². The smallest absolute Gasteiger partial charge is 0.307 e. The summed E-state index contributed by atoms with van der Waals surface area (Å²) >= 11 is 0. The molecule has 0 aromatic heterocycles. The molecule has 1 aliphatic heterocycles. The number of carboxylic acids is 1. The Bertz CT molecular complexity index is 1170. The summed E-state index contributed by atoms with van der Waals surface area (Å²) in [4.78, 5) is 11.2. The molecule has 0 spiro atoms. The van der Waals surface area contributed by atoms with E-state index in [1.165, 1.54) is 0 Å². The number of aliphatic carboxylic acids is 1. The average Bonchev–Trinajstić information content (AvgIpc) is 3.35. The molecular formula is C29H32FNO4. The van der Waals surface area contributed by atoms with Crippen molar-refractivity contribution in [3.63, 3.8) is 0 Å². The molecule has 3 aromatic rings. The Morgan fingerprint density at radius 2 is 1.97 bits per heavy atom. The Hall–Kier alpha value is -3.22. The van der Waals surface area contributed by atoms with Crippen molar-refractivity contribution in [2.75, 3.05) is 6.61 Å². The molecule has 0 radical (unpaired) electrons. The fraction of sp³-hybridized carbons (Fsp3) is 0.345. The Kier molecular flexibility index (Phi) is 8.16. The van der Waals surface area contributed by atoms with Gasteiger partial charge >= 0.3 is 5.97 Å². The van der Waals surface area contributed by atoms with Gasteiger partial charge in [0.2, 0.25) is 0 Å². The van der Waals surface area contributed by atoms with E-state index in [9.17, 15) is 9.90 Å². The van der Waals surface area contributed by atoms with E-state index in [-0.39, 0.29) is 24.9 Å². The number of ether oxygens (including phenoxy) is 2. The van der Waals surface area contributed by atoms with Crippen molar-refractivity contribution < 1.29 is 23.8 Å². The highest BCUT2D eigenvalue weighted by atomic mass is 19.1. The first-order valence-electron chi connectivity index (χ1n) is 12.1. The monoisotopic (exact) mass is 477 g/mol. The molecule has 1 fully saturated rings. The van der Waals surface area contributed by atoms with Crippen LogP contribution in [0.5, 0.6) is 5.75 Å². The van der Waals surface area contributed by atoms with Crippen LogP contribution in [-0.2, 0) is 29.0 Å². The van der Waals surface area contributed by atoms with Gasteiger partial charge in [0.15, 0.2) is 0 Å². The lowest BCUT2D eigenvalue weighted by molar-refractivity contribution is -0.136. The first kappa shape index (κ1) is 24.9. The molecule has 0 amide bonds.